The van der Waals surface area contributed by atoms with Gasteiger partial charge < -0.3 is 4.74 Å². The standard InChI is InChI=1S/C13H7F3N2O4/c14-13(15,16)22-11-2-1-9(18(20)21)7-10(11)12(19)8-3-5-17-6-4-8/h1-7H. The van der Waals surface area contributed by atoms with Crippen LogP contribution < -0.4 is 4.74 Å². The van der Waals surface area contributed by atoms with Crippen LogP contribution in [0.25, 0.3) is 0 Å². The van der Waals surface area contributed by atoms with Gasteiger partial charge in [-0.2, -0.15) is 0 Å². The van der Waals surface area contributed by atoms with Crippen LogP contribution in [0.1, 0.15) is 15.9 Å². The second kappa shape index (κ2) is 5.80. The van der Waals surface area contributed by atoms with E-state index in [1.165, 1.54) is 24.5 Å². The molecule has 0 bridgehead atoms. The lowest BCUT2D eigenvalue weighted by Crippen LogP contribution is -2.19. The molecular weight excluding hydrogens is 305 g/mol. The van der Waals surface area contributed by atoms with E-state index in [0.29, 0.717) is 0 Å². The predicted octanol–water partition coefficient (Wildman–Crippen LogP) is 3.12. The minimum Gasteiger partial charge on any atom is -0.405 e. The highest BCUT2D eigenvalue weighted by Crippen LogP contribution is 2.31. The van der Waals surface area contributed by atoms with Gasteiger partial charge in [-0.3, -0.25) is 19.9 Å². The Morgan fingerprint density at radius 1 is 1.18 bits per heavy atom. The molecule has 0 saturated carbocycles. The van der Waals surface area contributed by atoms with Gasteiger partial charge in [0.05, 0.1) is 10.5 Å². The van der Waals surface area contributed by atoms with E-state index in [1.807, 2.05) is 0 Å². The number of hydrogen-bond acceptors (Lipinski definition) is 5. The van der Waals surface area contributed by atoms with Crippen LogP contribution in [0.4, 0.5) is 18.9 Å². The van der Waals surface area contributed by atoms with E-state index < -0.39 is 34.1 Å². The van der Waals surface area contributed by atoms with Crippen molar-refractivity contribution in [1.82, 2.24) is 4.98 Å². The number of ether oxygens (including phenoxy) is 1. The number of rotatable bonds is 4. The molecular formula is C13H7F3N2O4. The zero-order valence-electron chi connectivity index (χ0n) is 10.7. The summed E-state index contributed by atoms with van der Waals surface area (Å²) in [6, 6.07) is 4.85. The molecule has 9 heteroatoms. The van der Waals surface area contributed by atoms with Crippen LogP contribution in [0.3, 0.4) is 0 Å². The molecule has 0 saturated heterocycles. The Kier molecular flexibility index (Phi) is 4.06. The maximum atomic E-state index is 12.4. The molecule has 0 radical (unpaired) electrons. The molecule has 0 aliphatic rings. The zero-order chi connectivity index (χ0) is 16.3. The summed E-state index contributed by atoms with van der Waals surface area (Å²) in [4.78, 5) is 25.8. The van der Waals surface area contributed by atoms with Crippen molar-refractivity contribution in [3.05, 3.63) is 64.0 Å². The lowest BCUT2D eigenvalue weighted by molar-refractivity contribution is -0.385. The average Bonchev–Trinajstić information content (AvgIpc) is 2.46. The molecule has 0 aliphatic carbocycles. The lowest BCUT2D eigenvalue weighted by atomic mass is 10.0. The molecule has 6 nitrogen and oxygen atoms in total. The number of carbonyl (C=O) groups is 1. The van der Waals surface area contributed by atoms with Gasteiger partial charge in [0.2, 0.25) is 0 Å². The molecule has 0 unspecified atom stereocenters. The van der Waals surface area contributed by atoms with E-state index in [-0.39, 0.29) is 5.56 Å². The van der Waals surface area contributed by atoms with Crippen molar-refractivity contribution in [2.45, 2.75) is 6.36 Å². The van der Waals surface area contributed by atoms with E-state index in [2.05, 4.69) is 9.72 Å². The summed E-state index contributed by atoms with van der Waals surface area (Å²) >= 11 is 0. The minimum atomic E-state index is -5.02. The van der Waals surface area contributed by atoms with Crippen LogP contribution in [0.5, 0.6) is 5.75 Å². The lowest BCUT2D eigenvalue weighted by Gasteiger charge is -2.12. The Morgan fingerprint density at radius 2 is 1.82 bits per heavy atom. The van der Waals surface area contributed by atoms with Crippen LogP contribution in [-0.4, -0.2) is 22.1 Å². The van der Waals surface area contributed by atoms with Gasteiger partial charge in [-0.05, 0) is 18.2 Å². The minimum absolute atomic E-state index is 0.0301. The number of non-ortho nitro benzene ring substituents is 1. The van der Waals surface area contributed by atoms with Crippen molar-refractivity contribution in [3.63, 3.8) is 0 Å². The molecule has 0 N–H and O–H groups in total. The molecule has 22 heavy (non-hydrogen) atoms. The monoisotopic (exact) mass is 312 g/mol. The fourth-order valence-corrected chi connectivity index (χ4v) is 1.68. The topological polar surface area (TPSA) is 82.3 Å². The Bertz CT molecular complexity index is 717. The molecule has 1 aromatic carbocycles. The fourth-order valence-electron chi connectivity index (χ4n) is 1.68. The first-order valence-corrected chi connectivity index (χ1v) is 5.77. The van der Waals surface area contributed by atoms with E-state index >= 15 is 0 Å². The van der Waals surface area contributed by atoms with Gasteiger partial charge in [-0.1, -0.05) is 0 Å². The summed E-state index contributed by atoms with van der Waals surface area (Å²) in [5.41, 5.74) is -1.05. The van der Waals surface area contributed by atoms with Crippen molar-refractivity contribution in [2.75, 3.05) is 0 Å². The fraction of sp³-hybridized carbons (Fsp3) is 0.0769. The number of nitro groups is 1. The molecule has 114 valence electrons. The Hall–Kier alpha value is -2.97. The highest BCUT2D eigenvalue weighted by molar-refractivity contribution is 6.11. The maximum Gasteiger partial charge on any atom is 0.573 e. The molecule has 1 heterocycles. The highest BCUT2D eigenvalue weighted by atomic mass is 19.4. The highest BCUT2D eigenvalue weighted by Gasteiger charge is 2.33. The Balaban J connectivity index is 2.52. The number of pyridine rings is 1. The summed E-state index contributed by atoms with van der Waals surface area (Å²) in [6.07, 6.45) is -2.48. The number of hydrogen-bond donors (Lipinski definition) is 0. The second-order valence-corrected chi connectivity index (χ2v) is 4.05. The molecule has 0 atom stereocenters. The van der Waals surface area contributed by atoms with Gasteiger partial charge in [-0.15, -0.1) is 13.2 Å². The zero-order valence-corrected chi connectivity index (χ0v) is 10.7. The molecule has 0 amide bonds. The van der Waals surface area contributed by atoms with E-state index in [9.17, 15) is 28.1 Å². The summed E-state index contributed by atoms with van der Waals surface area (Å²) < 4.78 is 40.9. The van der Waals surface area contributed by atoms with E-state index in [1.54, 1.807) is 0 Å². The number of alkyl halides is 3. The first-order valence-electron chi connectivity index (χ1n) is 5.77. The summed E-state index contributed by atoms with van der Waals surface area (Å²) in [6.45, 7) is 0. The van der Waals surface area contributed by atoms with Crippen LogP contribution in [0, 0.1) is 10.1 Å². The summed E-state index contributed by atoms with van der Waals surface area (Å²) in [5, 5.41) is 10.7. The quantitative estimate of drug-likeness (QED) is 0.492. The Labute approximate surface area is 121 Å². The van der Waals surface area contributed by atoms with Crippen LogP contribution >= 0.6 is 0 Å². The van der Waals surface area contributed by atoms with Crippen molar-refractivity contribution in [3.8, 4) is 5.75 Å². The number of benzene rings is 1. The number of ketones is 1. The van der Waals surface area contributed by atoms with Crippen LogP contribution in [0.15, 0.2) is 42.7 Å². The first kappa shape index (κ1) is 15.4. The van der Waals surface area contributed by atoms with Gasteiger partial charge in [0.25, 0.3) is 5.69 Å². The molecule has 2 rings (SSSR count). The number of nitro benzene ring substituents is 1. The number of aromatic nitrogens is 1. The molecule has 1 aromatic heterocycles. The predicted molar refractivity (Wildman–Crippen MR) is 67.4 cm³/mol. The SMILES string of the molecule is O=C(c1ccncc1)c1cc([N+](=O)[O-])ccc1OC(F)(F)F. The van der Waals surface area contributed by atoms with Crippen molar-refractivity contribution in [2.24, 2.45) is 0 Å². The number of carbonyl (C=O) groups excluding carboxylic acids is 1. The maximum absolute atomic E-state index is 12.4. The van der Waals surface area contributed by atoms with Gasteiger partial charge in [0.1, 0.15) is 5.75 Å². The summed E-state index contributed by atoms with van der Waals surface area (Å²) in [7, 11) is 0. The third kappa shape index (κ3) is 3.57. The molecule has 2 aromatic rings. The normalized spacial score (nSPS) is 11.0. The van der Waals surface area contributed by atoms with Crippen molar-refractivity contribution < 1.29 is 27.6 Å². The third-order valence-corrected chi connectivity index (χ3v) is 2.59. The number of halogens is 3. The third-order valence-electron chi connectivity index (χ3n) is 2.59. The average molecular weight is 312 g/mol. The van der Waals surface area contributed by atoms with Gasteiger partial charge in [0, 0.05) is 30.1 Å². The van der Waals surface area contributed by atoms with Crippen molar-refractivity contribution >= 4 is 11.5 Å². The van der Waals surface area contributed by atoms with Gasteiger partial charge in [-0.25, -0.2) is 0 Å². The van der Waals surface area contributed by atoms with E-state index in [0.717, 1.165) is 18.2 Å². The smallest absolute Gasteiger partial charge is 0.405 e. The molecule has 0 aliphatic heterocycles. The largest absolute Gasteiger partial charge is 0.573 e. The van der Waals surface area contributed by atoms with Crippen LogP contribution in [-0.2, 0) is 0 Å². The molecule has 0 spiro atoms. The van der Waals surface area contributed by atoms with Crippen molar-refractivity contribution in [1.29, 1.82) is 0 Å². The molecule has 0 fully saturated rings. The summed E-state index contributed by atoms with van der Waals surface area (Å²) in [5.74, 6) is -1.65. The number of nitrogens with zero attached hydrogens (tertiary/aromatic N) is 2. The van der Waals surface area contributed by atoms with Crippen LogP contribution in [0.2, 0.25) is 0 Å². The van der Waals surface area contributed by atoms with Gasteiger partial charge >= 0.3 is 6.36 Å². The van der Waals surface area contributed by atoms with Gasteiger partial charge in [0.15, 0.2) is 5.78 Å². The Morgan fingerprint density at radius 3 is 2.36 bits per heavy atom. The van der Waals surface area contributed by atoms with E-state index in [4.69, 9.17) is 0 Å². The second-order valence-electron chi connectivity index (χ2n) is 4.05. The first-order chi connectivity index (χ1) is 10.3.